The Labute approximate surface area is 131 Å². The van der Waals surface area contributed by atoms with E-state index in [1.54, 1.807) is 0 Å². The molecule has 3 atom stereocenters. The van der Waals surface area contributed by atoms with Gasteiger partial charge in [0.15, 0.2) is 0 Å². The fourth-order valence-electron chi connectivity index (χ4n) is 3.24. The van der Waals surface area contributed by atoms with Crippen molar-refractivity contribution in [2.24, 2.45) is 5.92 Å². The van der Waals surface area contributed by atoms with Gasteiger partial charge in [-0.15, -0.1) is 0 Å². The van der Waals surface area contributed by atoms with Crippen molar-refractivity contribution in [1.29, 1.82) is 0 Å². The van der Waals surface area contributed by atoms with E-state index < -0.39 is 5.97 Å². The molecule has 0 spiro atoms. The van der Waals surface area contributed by atoms with Crippen molar-refractivity contribution in [2.75, 3.05) is 6.54 Å². The van der Waals surface area contributed by atoms with Gasteiger partial charge >= 0.3 is 5.97 Å². The van der Waals surface area contributed by atoms with Crippen molar-refractivity contribution in [3.05, 3.63) is 34.5 Å². The van der Waals surface area contributed by atoms with Gasteiger partial charge in [0.05, 0.1) is 12.0 Å². The zero-order valence-corrected chi connectivity index (χ0v) is 13.6. The number of carbonyl (C=O) groups is 1. The Balaban J connectivity index is 1.87. The van der Waals surface area contributed by atoms with Crippen molar-refractivity contribution < 1.29 is 14.3 Å². The number of likely N-dealkylation sites (tertiary alicyclic amines) is 1. The van der Waals surface area contributed by atoms with Crippen LogP contribution in [0, 0.1) is 5.92 Å². The van der Waals surface area contributed by atoms with E-state index in [0.717, 1.165) is 27.7 Å². The molecule has 1 fully saturated rings. The molecule has 0 bridgehead atoms. The number of halogens is 1. The number of benzene rings is 1. The summed E-state index contributed by atoms with van der Waals surface area (Å²) >= 11 is 3.46. The Hall–Kier alpha value is -1.33. The molecular formula is C16H18BrNO3. The van der Waals surface area contributed by atoms with Crippen LogP contribution >= 0.6 is 15.9 Å². The maximum Gasteiger partial charge on any atom is 0.308 e. The van der Waals surface area contributed by atoms with E-state index in [0.29, 0.717) is 6.42 Å². The van der Waals surface area contributed by atoms with Gasteiger partial charge in [0, 0.05) is 22.4 Å². The molecule has 1 aliphatic heterocycles. The van der Waals surface area contributed by atoms with Crippen molar-refractivity contribution in [3.63, 3.8) is 0 Å². The topological polar surface area (TPSA) is 53.7 Å². The van der Waals surface area contributed by atoms with Crippen LogP contribution in [0.2, 0.25) is 0 Å². The Bertz CT molecular complexity index is 681. The molecule has 1 aromatic carbocycles. The Morgan fingerprint density at radius 2 is 2.24 bits per heavy atom. The highest BCUT2D eigenvalue weighted by Crippen LogP contribution is 2.35. The molecule has 1 aliphatic rings. The van der Waals surface area contributed by atoms with E-state index in [1.165, 1.54) is 0 Å². The molecule has 2 heterocycles. The molecule has 2 aromatic rings. The third-order valence-corrected chi connectivity index (χ3v) is 5.02. The standard InChI is InChI=1S/C16H18BrNO3/c1-9-13(16(19)20)5-6-18(9)10(2)15-8-11-7-12(17)3-4-14(11)21-15/h3-4,7-10,13H,5-6H2,1-2H3,(H,19,20). The van der Waals surface area contributed by atoms with Crippen LogP contribution in [-0.2, 0) is 4.79 Å². The Morgan fingerprint density at radius 3 is 2.90 bits per heavy atom. The third-order valence-electron chi connectivity index (χ3n) is 4.53. The smallest absolute Gasteiger partial charge is 0.308 e. The number of hydrogen-bond acceptors (Lipinski definition) is 3. The van der Waals surface area contributed by atoms with E-state index >= 15 is 0 Å². The van der Waals surface area contributed by atoms with E-state index in [9.17, 15) is 9.90 Å². The van der Waals surface area contributed by atoms with Crippen LogP contribution in [-0.4, -0.2) is 28.6 Å². The second-order valence-electron chi connectivity index (χ2n) is 5.72. The van der Waals surface area contributed by atoms with Gasteiger partial charge < -0.3 is 9.52 Å². The molecule has 0 amide bonds. The van der Waals surface area contributed by atoms with Gasteiger partial charge in [-0.1, -0.05) is 15.9 Å². The van der Waals surface area contributed by atoms with Gasteiger partial charge in [0.25, 0.3) is 0 Å². The minimum absolute atomic E-state index is 0.0254. The predicted octanol–water partition coefficient (Wildman–Crippen LogP) is 4.05. The lowest BCUT2D eigenvalue weighted by molar-refractivity contribution is -0.142. The van der Waals surface area contributed by atoms with Crippen molar-refractivity contribution in [3.8, 4) is 0 Å². The lowest BCUT2D eigenvalue weighted by Gasteiger charge is -2.28. The normalized spacial score (nSPS) is 24.5. The van der Waals surface area contributed by atoms with Gasteiger partial charge in [-0.3, -0.25) is 9.69 Å². The second-order valence-corrected chi connectivity index (χ2v) is 6.63. The number of furan rings is 1. The number of carboxylic acid groups (broad SMARTS) is 1. The number of fused-ring (bicyclic) bond motifs is 1. The molecule has 0 aliphatic carbocycles. The molecule has 3 unspecified atom stereocenters. The molecule has 0 saturated carbocycles. The number of hydrogen-bond donors (Lipinski definition) is 1. The summed E-state index contributed by atoms with van der Waals surface area (Å²) in [7, 11) is 0. The summed E-state index contributed by atoms with van der Waals surface area (Å²) in [5.41, 5.74) is 0.863. The first-order valence-electron chi connectivity index (χ1n) is 7.15. The molecular weight excluding hydrogens is 334 g/mol. The molecule has 112 valence electrons. The molecule has 1 aromatic heterocycles. The zero-order valence-electron chi connectivity index (χ0n) is 12.0. The minimum Gasteiger partial charge on any atom is -0.481 e. The molecule has 1 saturated heterocycles. The van der Waals surface area contributed by atoms with E-state index in [-0.39, 0.29) is 18.0 Å². The highest BCUT2D eigenvalue weighted by Gasteiger charge is 2.38. The monoisotopic (exact) mass is 351 g/mol. The largest absolute Gasteiger partial charge is 0.481 e. The highest BCUT2D eigenvalue weighted by molar-refractivity contribution is 9.10. The predicted molar refractivity (Wildman–Crippen MR) is 84.2 cm³/mol. The lowest BCUT2D eigenvalue weighted by atomic mass is 10.0. The average molecular weight is 352 g/mol. The summed E-state index contributed by atoms with van der Waals surface area (Å²) in [6.45, 7) is 4.86. The van der Waals surface area contributed by atoms with Gasteiger partial charge in [0.1, 0.15) is 11.3 Å². The Morgan fingerprint density at radius 1 is 1.48 bits per heavy atom. The van der Waals surface area contributed by atoms with Gasteiger partial charge in [-0.25, -0.2) is 0 Å². The summed E-state index contributed by atoms with van der Waals surface area (Å²) in [5.74, 6) is -0.0994. The minimum atomic E-state index is -0.703. The van der Waals surface area contributed by atoms with Gasteiger partial charge in [-0.2, -0.15) is 0 Å². The summed E-state index contributed by atoms with van der Waals surface area (Å²) in [5, 5.41) is 10.3. The van der Waals surface area contributed by atoms with E-state index in [2.05, 4.69) is 27.8 Å². The third kappa shape index (κ3) is 2.60. The first-order valence-corrected chi connectivity index (χ1v) is 7.94. The van der Waals surface area contributed by atoms with Gasteiger partial charge in [0.2, 0.25) is 0 Å². The van der Waals surface area contributed by atoms with E-state index in [4.69, 9.17) is 4.42 Å². The van der Waals surface area contributed by atoms with Crippen molar-refractivity contribution in [2.45, 2.75) is 32.4 Å². The maximum atomic E-state index is 11.2. The molecule has 5 heteroatoms. The average Bonchev–Trinajstić information content (AvgIpc) is 3.00. The number of rotatable bonds is 3. The van der Waals surface area contributed by atoms with Crippen LogP contribution < -0.4 is 0 Å². The summed E-state index contributed by atoms with van der Waals surface area (Å²) in [4.78, 5) is 13.5. The summed E-state index contributed by atoms with van der Waals surface area (Å²) in [6, 6.07) is 8.09. The van der Waals surface area contributed by atoms with Gasteiger partial charge in [-0.05, 0) is 44.5 Å². The van der Waals surface area contributed by atoms with Crippen LogP contribution in [0.3, 0.4) is 0 Å². The van der Waals surface area contributed by atoms with Crippen LogP contribution in [0.4, 0.5) is 0 Å². The second kappa shape index (κ2) is 5.46. The van der Waals surface area contributed by atoms with Crippen LogP contribution in [0.1, 0.15) is 32.1 Å². The van der Waals surface area contributed by atoms with Crippen LogP contribution in [0.25, 0.3) is 11.0 Å². The SMILES string of the molecule is CC(c1cc2cc(Br)ccc2o1)N1CCC(C(=O)O)C1C. The van der Waals surface area contributed by atoms with Crippen LogP contribution in [0.5, 0.6) is 0 Å². The summed E-state index contributed by atoms with van der Waals surface area (Å²) < 4.78 is 6.95. The highest BCUT2D eigenvalue weighted by atomic mass is 79.9. The first kappa shape index (κ1) is 14.6. The quantitative estimate of drug-likeness (QED) is 0.906. The molecule has 1 N–H and O–H groups in total. The van der Waals surface area contributed by atoms with E-state index in [1.807, 2.05) is 31.2 Å². The lowest BCUT2D eigenvalue weighted by Crippen LogP contribution is -2.34. The maximum absolute atomic E-state index is 11.2. The molecule has 3 rings (SSSR count). The fourth-order valence-corrected chi connectivity index (χ4v) is 3.62. The van der Waals surface area contributed by atoms with Crippen molar-refractivity contribution >= 4 is 32.9 Å². The molecule has 0 radical (unpaired) electrons. The Kier molecular flexibility index (Phi) is 3.80. The fraction of sp³-hybridized carbons (Fsp3) is 0.438. The number of aliphatic carboxylic acids is 1. The molecule has 21 heavy (non-hydrogen) atoms. The van der Waals surface area contributed by atoms with Crippen molar-refractivity contribution in [1.82, 2.24) is 4.90 Å². The summed E-state index contributed by atoms with van der Waals surface area (Å²) in [6.07, 6.45) is 0.701. The number of nitrogens with zero attached hydrogens (tertiary/aromatic N) is 1. The zero-order chi connectivity index (χ0) is 15.1. The van der Waals surface area contributed by atoms with Crippen LogP contribution in [0.15, 0.2) is 33.2 Å². The molecule has 4 nitrogen and oxygen atoms in total. The number of carboxylic acids is 1. The first-order chi connectivity index (χ1) is 9.97.